The van der Waals surface area contributed by atoms with Gasteiger partial charge in [-0.2, -0.15) is 4.98 Å². The Morgan fingerprint density at radius 2 is 2.32 bits per heavy atom. The van der Waals surface area contributed by atoms with E-state index in [2.05, 4.69) is 10.1 Å². The molecule has 2 heterocycles. The highest BCUT2D eigenvalue weighted by molar-refractivity contribution is 5.54. The maximum Gasteiger partial charge on any atom is 0.258 e. The molecule has 5 nitrogen and oxygen atoms in total. The molecule has 0 bridgehead atoms. The molecule has 0 saturated carbocycles. The average Bonchev–Trinajstić information content (AvgIpc) is 3.09. The number of benzene rings is 1. The smallest absolute Gasteiger partial charge is 0.258 e. The quantitative estimate of drug-likeness (QED) is 0.852. The second-order valence-corrected chi connectivity index (χ2v) is 4.37. The lowest BCUT2D eigenvalue weighted by molar-refractivity contribution is 0.192. The molecule has 0 aliphatic carbocycles. The minimum absolute atomic E-state index is 0.167. The lowest BCUT2D eigenvalue weighted by Crippen LogP contribution is -1.99. The SMILES string of the molecule is COc1ccc(-c2nc([C@@H]3CCOC3)no2)cc1F. The molecule has 100 valence electrons. The third kappa shape index (κ3) is 2.31. The molecule has 0 amide bonds. The summed E-state index contributed by atoms with van der Waals surface area (Å²) < 4.78 is 28.9. The highest BCUT2D eigenvalue weighted by Crippen LogP contribution is 2.27. The molecule has 0 radical (unpaired) electrons. The van der Waals surface area contributed by atoms with Crippen molar-refractivity contribution < 1.29 is 18.4 Å². The van der Waals surface area contributed by atoms with Gasteiger partial charge in [-0.05, 0) is 24.6 Å². The lowest BCUT2D eigenvalue weighted by Gasteiger charge is -2.01. The molecule has 2 aromatic rings. The third-order valence-corrected chi connectivity index (χ3v) is 3.14. The predicted molar refractivity (Wildman–Crippen MR) is 64.4 cm³/mol. The topological polar surface area (TPSA) is 57.4 Å². The normalized spacial score (nSPS) is 18.7. The Balaban J connectivity index is 1.87. The molecule has 1 fully saturated rings. The zero-order chi connectivity index (χ0) is 13.2. The largest absolute Gasteiger partial charge is 0.494 e. The van der Waals surface area contributed by atoms with E-state index in [1.807, 2.05) is 0 Å². The van der Waals surface area contributed by atoms with Gasteiger partial charge < -0.3 is 14.0 Å². The van der Waals surface area contributed by atoms with Gasteiger partial charge >= 0.3 is 0 Å². The van der Waals surface area contributed by atoms with Gasteiger partial charge in [0.15, 0.2) is 17.4 Å². The van der Waals surface area contributed by atoms with E-state index < -0.39 is 5.82 Å². The summed E-state index contributed by atoms with van der Waals surface area (Å²) >= 11 is 0. The van der Waals surface area contributed by atoms with Crippen molar-refractivity contribution in [2.75, 3.05) is 20.3 Å². The number of nitrogens with zero attached hydrogens (tertiary/aromatic N) is 2. The molecular formula is C13H13FN2O3. The Morgan fingerprint density at radius 1 is 1.42 bits per heavy atom. The van der Waals surface area contributed by atoms with Crippen molar-refractivity contribution in [1.29, 1.82) is 0 Å². The number of rotatable bonds is 3. The number of hydrogen-bond acceptors (Lipinski definition) is 5. The first-order chi connectivity index (χ1) is 9.28. The van der Waals surface area contributed by atoms with Crippen molar-refractivity contribution in [3.05, 3.63) is 29.8 Å². The molecule has 1 saturated heterocycles. The Bertz CT molecular complexity index is 579. The fourth-order valence-electron chi connectivity index (χ4n) is 2.06. The zero-order valence-electron chi connectivity index (χ0n) is 10.4. The standard InChI is InChI=1S/C13H13FN2O3/c1-17-11-3-2-8(6-10(11)14)13-15-12(16-19-13)9-4-5-18-7-9/h2-3,6,9H,4-5,7H2,1H3/t9-/m1/s1. The summed E-state index contributed by atoms with van der Waals surface area (Å²) in [5, 5.41) is 3.93. The van der Waals surface area contributed by atoms with Crippen molar-refractivity contribution in [2.24, 2.45) is 0 Å². The van der Waals surface area contributed by atoms with E-state index in [1.54, 1.807) is 6.07 Å². The maximum absolute atomic E-state index is 13.6. The molecule has 1 aromatic heterocycles. The molecule has 1 atom stereocenters. The molecule has 3 rings (SSSR count). The van der Waals surface area contributed by atoms with Gasteiger partial charge in [-0.15, -0.1) is 0 Å². The summed E-state index contributed by atoms with van der Waals surface area (Å²) in [6.45, 7) is 1.32. The average molecular weight is 264 g/mol. The second kappa shape index (κ2) is 4.97. The van der Waals surface area contributed by atoms with Crippen LogP contribution in [0, 0.1) is 5.82 Å². The summed E-state index contributed by atoms with van der Waals surface area (Å²) in [4.78, 5) is 4.29. The lowest BCUT2D eigenvalue weighted by atomic mass is 10.1. The first kappa shape index (κ1) is 12.1. The summed E-state index contributed by atoms with van der Waals surface area (Å²) in [7, 11) is 1.42. The molecule has 1 aliphatic rings. The summed E-state index contributed by atoms with van der Waals surface area (Å²) in [5.74, 6) is 0.824. The van der Waals surface area contributed by atoms with Crippen molar-refractivity contribution >= 4 is 0 Å². The van der Waals surface area contributed by atoms with Gasteiger partial charge in [0.25, 0.3) is 5.89 Å². The Kier molecular flexibility index (Phi) is 3.16. The first-order valence-corrected chi connectivity index (χ1v) is 6.03. The van der Waals surface area contributed by atoms with Gasteiger partial charge in [-0.25, -0.2) is 4.39 Å². The molecule has 19 heavy (non-hydrogen) atoms. The van der Waals surface area contributed by atoms with Gasteiger partial charge in [-0.3, -0.25) is 0 Å². The minimum atomic E-state index is -0.455. The molecule has 6 heteroatoms. The molecule has 1 aromatic carbocycles. The van der Waals surface area contributed by atoms with Crippen molar-refractivity contribution in [3.63, 3.8) is 0 Å². The van der Waals surface area contributed by atoms with E-state index >= 15 is 0 Å². The summed E-state index contributed by atoms with van der Waals surface area (Å²) in [5.41, 5.74) is 0.538. The van der Waals surface area contributed by atoms with E-state index in [0.717, 1.165) is 6.42 Å². The van der Waals surface area contributed by atoms with Gasteiger partial charge in [-0.1, -0.05) is 5.16 Å². The van der Waals surface area contributed by atoms with Crippen LogP contribution in [-0.4, -0.2) is 30.5 Å². The van der Waals surface area contributed by atoms with Gasteiger partial charge in [0, 0.05) is 18.1 Å². The van der Waals surface area contributed by atoms with Crippen LogP contribution in [0.1, 0.15) is 18.2 Å². The Labute approximate surface area is 109 Å². The highest BCUT2D eigenvalue weighted by Gasteiger charge is 2.23. The van der Waals surface area contributed by atoms with Gasteiger partial charge in [0.1, 0.15) is 0 Å². The van der Waals surface area contributed by atoms with Crippen molar-refractivity contribution in [2.45, 2.75) is 12.3 Å². The van der Waals surface area contributed by atoms with Crippen molar-refractivity contribution in [3.8, 4) is 17.2 Å². The van der Waals surface area contributed by atoms with Crippen LogP contribution in [0.5, 0.6) is 5.75 Å². The molecule has 1 aliphatic heterocycles. The first-order valence-electron chi connectivity index (χ1n) is 6.03. The number of halogens is 1. The number of hydrogen-bond donors (Lipinski definition) is 0. The van der Waals surface area contributed by atoms with E-state index in [-0.39, 0.29) is 11.7 Å². The third-order valence-electron chi connectivity index (χ3n) is 3.14. The zero-order valence-corrected chi connectivity index (χ0v) is 10.4. The van der Waals surface area contributed by atoms with Crippen LogP contribution in [0.15, 0.2) is 22.7 Å². The summed E-state index contributed by atoms with van der Waals surface area (Å²) in [6.07, 6.45) is 0.885. The van der Waals surface area contributed by atoms with Crippen LogP contribution in [0.25, 0.3) is 11.5 Å². The van der Waals surface area contributed by atoms with Gasteiger partial charge in [0.2, 0.25) is 0 Å². The van der Waals surface area contributed by atoms with E-state index in [9.17, 15) is 4.39 Å². The number of ether oxygens (including phenoxy) is 2. The van der Waals surface area contributed by atoms with E-state index in [1.165, 1.54) is 19.2 Å². The number of methoxy groups -OCH3 is 1. The van der Waals surface area contributed by atoms with Crippen molar-refractivity contribution in [1.82, 2.24) is 10.1 Å². The Hall–Kier alpha value is -1.95. The van der Waals surface area contributed by atoms with Crippen LogP contribution in [0.2, 0.25) is 0 Å². The molecule has 0 N–H and O–H groups in total. The Morgan fingerprint density at radius 3 is 3.00 bits per heavy atom. The van der Waals surface area contributed by atoms with Crippen LogP contribution in [-0.2, 0) is 4.74 Å². The fraction of sp³-hybridized carbons (Fsp3) is 0.385. The van der Waals surface area contributed by atoms with Crippen LogP contribution >= 0.6 is 0 Å². The fourth-order valence-corrected chi connectivity index (χ4v) is 2.06. The van der Waals surface area contributed by atoms with Gasteiger partial charge in [0.05, 0.1) is 13.7 Å². The molecular weight excluding hydrogens is 251 g/mol. The van der Waals surface area contributed by atoms with Crippen LogP contribution in [0.3, 0.4) is 0 Å². The van der Waals surface area contributed by atoms with Crippen LogP contribution in [0.4, 0.5) is 4.39 Å². The molecule has 0 unspecified atom stereocenters. The van der Waals surface area contributed by atoms with Crippen LogP contribution < -0.4 is 4.74 Å². The van der Waals surface area contributed by atoms with E-state index in [4.69, 9.17) is 14.0 Å². The minimum Gasteiger partial charge on any atom is -0.494 e. The predicted octanol–water partition coefficient (Wildman–Crippen LogP) is 2.39. The summed E-state index contributed by atoms with van der Waals surface area (Å²) in [6, 6.07) is 4.54. The molecule has 0 spiro atoms. The van der Waals surface area contributed by atoms with E-state index in [0.29, 0.717) is 30.5 Å². The second-order valence-electron chi connectivity index (χ2n) is 4.37. The number of aromatic nitrogens is 2. The maximum atomic E-state index is 13.6. The highest BCUT2D eigenvalue weighted by atomic mass is 19.1. The monoisotopic (exact) mass is 264 g/mol.